The monoisotopic (exact) mass is 215 g/mol. The molecular weight excluding hydrogens is 198 g/mol. The third kappa shape index (κ3) is 1.55. The van der Waals surface area contributed by atoms with Gasteiger partial charge in [-0.25, -0.2) is 0 Å². The molecule has 2 heterocycles. The second kappa shape index (κ2) is 3.73. The number of nitrogens with one attached hydrogen (secondary N) is 1. The Kier molecular flexibility index (Phi) is 2.70. The minimum atomic E-state index is -1.11. The van der Waals surface area contributed by atoms with Gasteiger partial charge in [-0.1, -0.05) is 0 Å². The molecule has 0 aliphatic carbocycles. The molecule has 2 aliphatic rings. The highest BCUT2D eigenvalue weighted by molar-refractivity contribution is 5.78. The van der Waals surface area contributed by atoms with E-state index in [1.807, 2.05) is 0 Å². The summed E-state index contributed by atoms with van der Waals surface area (Å²) in [4.78, 5) is 11.3. The first kappa shape index (κ1) is 10.9. The normalized spacial score (nSPS) is 35.3. The molecule has 2 aliphatic heterocycles. The average molecular weight is 215 g/mol. The van der Waals surface area contributed by atoms with Crippen molar-refractivity contribution in [3.8, 4) is 0 Å². The molecule has 0 aromatic rings. The lowest BCUT2D eigenvalue weighted by Gasteiger charge is -2.50. The van der Waals surface area contributed by atoms with Crippen molar-refractivity contribution in [3.05, 3.63) is 0 Å². The molecule has 0 aromatic carbocycles. The highest BCUT2D eigenvalue weighted by Crippen LogP contribution is 2.42. The van der Waals surface area contributed by atoms with Gasteiger partial charge in [-0.05, 0) is 12.8 Å². The molecule has 2 fully saturated rings. The van der Waals surface area contributed by atoms with Crippen LogP contribution in [-0.4, -0.2) is 48.1 Å². The van der Waals surface area contributed by atoms with Gasteiger partial charge in [0.15, 0.2) is 0 Å². The van der Waals surface area contributed by atoms with Gasteiger partial charge >= 0.3 is 5.97 Å². The molecule has 15 heavy (non-hydrogen) atoms. The summed E-state index contributed by atoms with van der Waals surface area (Å²) in [6.45, 7) is 1.79. The minimum absolute atomic E-state index is 0.360. The van der Waals surface area contributed by atoms with Gasteiger partial charge in [-0.2, -0.15) is 0 Å². The zero-order valence-electron chi connectivity index (χ0n) is 8.66. The SMILES string of the molecule is O=C(O)C1(C2(O)CCCOCC2)CNC1. The van der Waals surface area contributed by atoms with E-state index in [1.165, 1.54) is 0 Å². The van der Waals surface area contributed by atoms with E-state index in [9.17, 15) is 15.0 Å². The number of ether oxygens (including phenoxy) is 1. The van der Waals surface area contributed by atoms with Gasteiger partial charge in [-0.15, -0.1) is 0 Å². The molecule has 3 N–H and O–H groups in total. The molecule has 1 unspecified atom stereocenters. The predicted molar refractivity (Wildman–Crippen MR) is 52.6 cm³/mol. The zero-order chi connectivity index (χ0) is 10.9. The summed E-state index contributed by atoms with van der Waals surface area (Å²) < 4.78 is 5.26. The second-order valence-corrected chi connectivity index (χ2v) is 4.49. The maximum atomic E-state index is 11.3. The zero-order valence-corrected chi connectivity index (χ0v) is 8.66. The van der Waals surface area contributed by atoms with Gasteiger partial charge < -0.3 is 20.3 Å². The van der Waals surface area contributed by atoms with E-state index >= 15 is 0 Å². The third-order valence-electron chi connectivity index (χ3n) is 3.69. The summed E-state index contributed by atoms with van der Waals surface area (Å²) in [6, 6.07) is 0. The fourth-order valence-electron chi connectivity index (χ4n) is 2.47. The first-order valence-corrected chi connectivity index (χ1v) is 5.35. The number of aliphatic carboxylic acids is 1. The highest BCUT2D eigenvalue weighted by Gasteiger charge is 2.59. The van der Waals surface area contributed by atoms with E-state index in [1.54, 1.807) is 0 Å². The maximum Gasteiger partial charge on any atom is 0.315 e. The van der Waals surface area contributed by atoms with Crippen molar-refractivity contribution in [2.24, 2.45) is 5.41 Å². The fraction of sp³-hybridized carbons (Fsp3) is 0.900. The van der Waals surface area contributed by atoms with E-state index in [-0.39, 0.29) is 0 Å². The van der Waals surface area contributed by atoms with Crippen LogP contribution in [0.1, 0.15) is 19.3 Å². The molecule has 0 aromatic heterocycles. The number of hydrogen-bond acceptors (Lipinski definition) is 4. The van der Waals surface area contributed by atoms with Crippen molar-refractivity contribution in [2.45, 2.75) is 24.9 Å². The van der Waals surface area contributed by atoms with Crippen molar-refractivity contribution in [3.63, 3.8) is 0 Å². The third-order valence-corrected chi connectivity index (χ3v) is 3.69. The number of carbonyl (C=O) groups is 1. The van der Waals surface area contributed by atoms with Crippen molar-refractivity contribution >= 4 is 5.97 Å². The first-order valence-electron chi connectivity index (χ1n) is 5.35. The fourth-order valence-corrected chi connectivity index (χ4v) is 2.47. The average Bonchev–Trinajstić information content (AvgIpc) is 2.27. The van der Waals surface area contributed by atoms with Crippen molar-refractivity contribution in [2.75, 3.05) is 26.3 Å². The second-order valence-electron chi connectivity index (χ2n) is 4.49. The Morgan fingerprint density at radius 1 is 1.27 bits per heavy atom. The molecule has 86 valence electrons. The number of hydrogen-bond donors (Lipinski definition) is 3. The van der Waals surface area contributed by atoms with Crippen molar-refractivity contribution in [1.29, 1.82) is 0 Å². The Hall–Kier alpha value is -0.650. The van der Waals surface area contributed by atoms with Crippen LogP contribution in [0.4, 0.5) is 0 Å². The summed E-state index contributed by atoms with van der Waals surface area (Å²) in [6.07, 6.45) is 1.66. The Labute approximate surface area is 88.4 Å². The van der Waals surface area contributed by atoms with Gasteiger partial charge in [0, 0.05) is 32.7 Å². The summed E-state index contributed by atoms with van der Waals surface area (Å²) >= 11 is 0. The quantitative estimate of drug-likeness (QED) is 0.583. The molecule has 0 saturated carbocycles. The molecule has 0 amide bonds. The van der Waals surface area contributed by atoms with Gasteiger partial charge in [0.2, 0.25) is 0 Å². The molecule has 5 nitrogen and oxygen atoms in total. The smallest absolute Gasteiger partial charge is 0.315 e. The van der Waals surface area contributed by atoms with Gasteiger partial charge in [0.05, 0.1) is 5.60 Å². The first-order chi connectivity index (χ1) is 7.11. The van der Waals surface area contributed by atoms with E-state index in [0.717, 1.165) is 6.42 Å². The lowest BCUT2D eigenvalue weighted by atomic mass is 9.64. The maximum absolute atomic E-state index is 11.3. The largest absolute Gasteiger partial charge is 0.481 e. The van der Waals surface area contributed by atoms with E-state index < -0.39 is 17.0 Å². The molecule has 2 rings (SSSR count). The van der Waals surface area contributed by atoms with Crippen LogP contribution in [0.15, 0.2) is 0 Å². The molecule has 0 bridgehead atoms. The van der Waals surface area contributed by atoms with E-state index in [2.05, 4.69) is 5.32 Å². The Morgan fingerprint density at radius 2 is 2.00 bits per heavy atom. The Morgan fingerprint density at radius 3 is 2.53 bits per heavy atom. The van der Waals surface area contributed by atoms with Crippen LogP contribution in [0.2, 0.25) is 0 Å². The number of rotatable bonds is 2. The van der Waals surface area contributed by atoms with Crippen molar-refractivity contribution in [1.82, 2.24) is 5.32 Å². The lowest BCUT2D eigenvalue weighted by molar-refractivity contribution is -0.181. The molecule has 2 saturated heterocycles. The van der Waals surface area contributed by atoms with E-state index in [0.29, 0.717) is 39.1 Å². The van der Waals surface area contributed by atoms with Gasteiger partial charge in [0.1, 0.15) is 5.41 Å². The van der Waals surface area contributed by atoms with Crippen molar-refractivity contribution < 1.29 is 19.7 Å². The van der Waals surface area contributed by atoms with Crippen LogP contribution in [0, 0.1) is 5.41 Å². The van der Waals surface area contributed by atoms with Gasteiger partial charge in [0.25, 0.3) is 0 Å². The van der Waals surface area contributed by atoms with E-state index in [4.69, 9.17) is 4.74 Å². The number of carboxylic acid groups (broad SMARTS) is 1. The standard InChI is InChI=1S/C10H17NO4/c12-8(13)9(6-11-7-9)10(14)2-1-4-15-5-3-10/h11,14H,1-7H2,(H,12,13). The number of carboxylic acids is 1. The van der Waals surface area contributed by atoms with Crippen LogP contribution in [0.5, 0.6) is 0 Å². The predicted octanol–water partition coefficient (Wildman–Crippen LogP) is -0.408. The van der Waals surface area contributed by atoms with Crippen LogP contribution in [0.25, 0.3) is 0 Å². The van der Waals surface area contributed by atoms with Gasteiger partial charge in [-0.3, -0.25) is 4.79 Å². The summed E-state index contributed by atoms with van der Waals surface area (Å²) in [5, 5.41) is 22.7. The molecule has 0 radical (unpaired) electrons. The lowest BCUT2D eigenvalue weighted by Crippen LogP contribution is -2.70. The molecule has 5 heteroatoms. The van der Waals surface area contributed by atoms with Crippen LogP contribution >= 0.6 is 0 Å². The van der Waals surface area contributed by atoms with Crippen LogP contribution < -0.4 is 5.32 Å². The molecule has 1 atom stereocenters. The minimum Gasteiger partial charge on any atom is -0.481 e. The highest BCUT2D eigenvalue weighted by atomic mass is 16.5. The Balaban J connectivity index is 2.20. The summed E-state index contributed by atoms with van der Waals surface area (Å²) in [5.74, 6) is -0.898. The van der Waals surface area contributed by atoms with Crippen LogP contribution in [-0.2, 0) is 9.53 Å². The topological polar surface area (TPSA) is 78.8 Å². The summed E-state index contributed by atoms with van der Waals surface area (Å²) in [5.41, 5.74) is -2.11. The van der Waals surface area contributed by atoms with Crippen LogP contribution in [0.3, 0.4) is 0 Å². The number of aliphatic hydroxyl groups is 1. The molecule has 0 spiro atoms. The Bertz CT molecular complexity index is 254. The summed E-state index contributed by atoms with van der Waals surface area (Å²) in [7, 11) is 0. The molecular formula is C10H17NO4.